The fraction of sp³-hybridized carbons (Fsp3) is 0.400. The van der Waals surface area contributed by atoms with E-state index in [9.17, 15) is 9.59 Å². The van der Waals surface area contributed by atoms with Crippen LogP contribution in [0.25, 0.3) is 0 Å². The maximum Gasteiger partial charge on any atom is 0.335 e. The third-order valence-corrected chi connectivity index (χ3v) is 2.06. The van der Waals surface area contributed by atoms with Gasteiger partial charge in [0.1, 0.15) is 0 Å². The van der Waals surface area contributed by atoms with Gasteiger partial charge in [0.25, 0.3) is 5.56 Å². The van der Waals surface area contributed by atoms with Crippen LogP contribution in [0.15, 0.2) is 23.1 Å². The second-order valence-corrected chi connectivity index (χ2v) is 3.50. The van der Waals surface area contributed by atoms with Crippen LogP contribution in [0, 0.1) is 5.92 Å². The molecule has 0 radical (unpaired) electrons. The summed E-state index contributed by atoms with van der Waals surface area (Å²) in [6.45, 7) is 2.18. The molecule has 1 aromatic rings. The van der Waals surface area contributed by atoms with Gasteiger partial charge in [0.05, 0.1) is 5.56 Å². The van der Waals surface area contributed by atoms with Gasteiger partial charge in [0.2, 0.25) is 0 Å². The van der Waals surface area contributed by atoms with Gasteiger partial charge >= 0.3 is 5.97 Å². The Morgan fingerprint density at radius 2 is 2.27 bits per heavy atom. The zero-order valence-electron chi connectivity index (χ0n) is 8.38. The van der Waals surface area contributed by atoms with Crippen molar-refractivity contribution in [1.29, 1.82) is 0 Å². The predicted molar refractivity (Wildman–Crippen MR) is 53.9 cm³/mol. The van der Waals surface area contributed by atoms with Crippen LogP contribution in [-0.4, -0.2) is 27.4 Å². The van der Waals surface area contributed by atoms with Gasteiger partial charge in [-0.25, -0.2) is 4.79 Å². The second kappa shape index (κ2) is 4.75. The number of carboxylic acids is 1. The predicted octanol–water partition coefficient (Wildman–Crippen LogP) is 0.175. The maximum absolute atomic E-state index is 11.4. The van der Waals surface area contributed by atoms with E-state index in [0.29, 0.717) is 6.54 Å². The van der Waals surface area contributed by atoms with E-state index >= 15 is 0 Å². The fourth-order valence-corrected chi connectivity index (χ4v) is 1.19. The first-order valence-electron chi connectivity index (χ1n) is 4.59. The standard InChI is InChI=1S/C10H13NO4/c1-7(6-12)5-11-3-2-8(10(14)15)4-9(11)13/h2-4,7,12H,5-6H2,1H3,(H,14,15). The monoisotopic (exact) mass is 211 g/mol. The first-order chi connectivity index (χ1) is 7.04. The highest BCUT2D eigenvalue weighted by molar-refractivity contribution is 5.87. The van der Waals surface area contributed by atoms with Crippen molar-refractivity contribution in [3.05, 3.63) is 34.2 Å². The van der Waals surface area contributed by atoms with E-state index in [2.05, 4.69) is 0 Å². The molecule has 0 amide bonds. The van der Waals surface area contributed by atoms with Gasteiger partial charge in [0.15, 0.2) is 0 Å². The van der Waals surface area contributed by atoms with Crippen LogP contribution in [0.2, 0.25) is 0 Å². The largest absolute Gasteiger partial charge is 0.478 e. The number of hydrogen-bond acceptors (Lipinski definition) is 3. The van der Waals surface area contributed by atoms with E-state index in [1.54, 1.807) is 6.92 Å². The molecular formula is C10H13NO4. The molecule has 2 N–H and O–H groups in total. The minimum absolute atomic E-state index is 0.00682. The molecule has 0 aromatic carbocycles. The summed E-state index contributed by atoms with van der Waals surface area (Å²) in [5.41, 5.74) is -0.386. The van der Waals surface area contributed by atoms with Crippen LogP contribution in [0.4, 0.5) is 0 Å². The number of nitrogens with zero attached hydrogens (tertiary/aromatic N) is 1. The van der Waals surface area contributed by atoms with Gasteiger partial charge in [0, 0.05) is 25.4 Å². The lowest BCUT2D eigenvalue weighted by Crippen LogP contribution is -2.24. The van der Waals surface area contributed by atoms with Crippen LogP contribution in [-0.2, 0) is 6.54 Å². The van der Waals surface area contributed by atoms with Crippen LogP contribution < -0.4 is 5.56 Å². The van der Waals surface area contributed by atoms with E-state index in [1.807, 2.05) is 0 Å². The van der Waals surface area contributed by atoms with E-state index in [0.717, 1.165) is 6.07 Å². The molecule has 0 saturated carbocycles. The molecule has 0 aliphatic carbocycles. The molecule has 0 spiro atoms. The number of carboxylic acid groups (broad SMARTS) is 1. The van der Waals surface area contributed by atoms with Crippen molar-refractivity contribution in [2.24, 2.45) is 5.92 Å². The quantitative estimate of drug-likeness (QED) is 0.744. The van der Waals surface area contributed by atoms with E-state index in [1.165, 1.54) is 16.8 Å². The molecule has 0 bridgehead atoms. The summed E-state index contributed by atoms with van der Waals surface area (Å²) in [6.07, 6.45) is 1.43. The molecule has 1 heterocycles. The Bertz CT molecular complexity index is 410. The smallest absolute Gasteiger partial charge is 0.335 e. The number of aliphatic hydroxyl groups is 1. The van der Waals surface area contributed by atoms with E-state index in [4.69, 9.17) is 10.2 Å². The Morgan fingerprint density at radius 1 is 1.60 bits per heavy atom. The van der Waals surface area contributed by atoms with Crippen molar-refractivity contribution >= 4 is 5.97 Å². The second-order valence-electron chi connectivity index (χ2n) is 3.50. The summed E-state index contributed by atoms with van der Waals surface area (Å²) >= 11 is 0. The molecule has 1 aromatic heterocycles. The average molecular weight is 211 g/mol. The number of aromatic carboxylic acids is 1. The number of aromatic nitrogens is 1. The number of carbonyl (C=O) groups is 1. The topological polar surface area (TPSA) is 79.5 Å². The summed E-state index contributed by atoms with van der Waals surface area (Å²) in [5.74, 6) is -1.15. The van der Waals surface area contributed by atoms with Crippen LogP contribution in [0.3, 0.4) is 0 Å². The molecule has 82 valence electrons. The Morgan fingerprint density at radius 3 is 2.73 bits per heavy atom. The summed E-state index contributed by atoms with van der Waals surface area (Å²) in [7, 11) is 0. The first kappa shape index (κ1) is 11.5. The van der Waals surface area contributed by atoms with Crippen LogP contribution in [0.5, 0.6) is 0 Å². The summed E-state index contributed by atoms with van der Waals surface area (Å²) in [5, 5.41) is 17.5. The van der Waals surface area contributed by atoms with Crippen LogP contribution >= 0.6 is 0 Å². The molecule has 5 heteroatoms. The molecule has 0 aliphatic rings. The van der Waals surface area contributed by atoms with Gasteiger partial charge in [-0.2, -0.15) is 0 Å². The van der Waals surface area contributed by atoms with Crippen molar-refractivity contribution in [2.75, 3.05) is 6.61 Å². The lowest BCUT2D eigenvalue weighted by molar-refractivity contribution is 0.0696. The highest BCUT2D eigenvalue weighted by atomic mass is 16.4. The lowest BCUT2D eigenvalue weighted by atomic mass is 10.2. The molecule has 0 saturated heterocycles. The minimum Gasteiger partial charge on any atom is -0.478 e. The Hall–Kier alpha value is -1.62. The van der Waals surface area contributed by atoms with Gasteiger partial charge in [-0.3, -0.25) is 4.79 Å². The summed E-state index contributed by atoms with van der Waals surface area (Å²) in [4.78, 5) is 22.0. The van der Waals surface area contributed by atoms with Gasteiger partial charge in [-0.15, -0.1) is 0 Å². The third-order valence-electron chi connectivity index (χ3n) is 2.06. The molecule has 0 aliphatic heterocycles. The normalized spacial score (nSPS) is 12.4. The third kappa shape index (κ3) is 2.92. The number of aliphatic hydroxyl groups excluding tert-OH is 1. The molecular weight excluding hydrogens is 198 g/mol. The summed E-state index contributed by atoms with van der Waals surface area (Å²) < 4.78 is 1.38. The Balaban J connectivity index is 2.94. The molecule has 1 rings (SSSR count). The zero-order valence-corrected chi connectivity index (χ0v) is 8.38. The van der Waals surface area contributed by atoms with E-state index in [-0.39, 0.29) is 23.6 Å². The highest BCUT2D eigenvalue weighted by Crippen LogP contribution is 1.99. The Labute approximate surface area is 86.6 Å². The fourth-order valence-electron chi connectivity index (χ4n) is 1.19. The van der Waals surface area contributed by atoms with Crippen molar-refractivity contribution < 1.29 is 15.0 Å². The number of hydrogen-bond donors (Lipinski definition) is 2. The highest BCUT2D eigenvalue weighted by Gasteiger charge is 2.07. The Kier molecular flexibility index (Phi) is 3.62. The summed E-state index contributed by atoms with van der Waals surface area (Å²) in [6, 6.07) is 2.44. The van der Waals surface area contributed by atoms with Gasteiger partial charge < -0.3 is 14.8 Å². The lowest BCUT2D eigenvalue weighted by Gasteiger charge is -2.10. The average Bonchev–Trinajstić information content (AvgIpc) is 2.20. The first-order valence-corrected chi connectivity index (χ1v) is 4.59. The van der Waals surface area contributed by atoms with Gasteiger partial charge in [-0.1, -0.05) is 6.92 Å². The molecule has 15 heavy (non-hydrogen) atoms. The minimum atomic E-state index is -1.12. The van der Waals surface area contributed by atoms with Crippen molar-refractivity contribution in [3.63, 3.8) is 0 Å². The van der Waals surface area contributed by atoms with Crippen molar-refractivity contribution in [3.8, 4) is 0 Å². The molecule has 5 nitrogen and oxygen atoms in total. The van der Waals surface area contributed by atoms with E-state index < -0.39 is 5.97 Å². The van der Waals surface area contributed by atoms with Crippen LogP contribution in [0.1, 0.15) is 17.3 Å². The maximum atomic E-state index is 11.4. The van der Waals surface area contributed by atoms with Gasteiger partial charge in [-0.05, 0) is 12.0 Å². The zero-order chi connectivity index (χ0) is 11.4. The molecule has 0 fully saturated rings. The van der Waals surface area contributed by atoms with Crippen molar-refractivity contribution in [2.45, 2.75) is 13.5 Å². The number of rotatable bonds is 4. The number of pyridine rings is 1. The molecule has 1 unspecified atom stereocenters. The molecule has 1 atom stereocenters. The SMILES string of the molecule is CC(CO)Cn1ccc(C(=O)O)cc1=O. The van der Waals surface area contributed by atoms with Crippen molar-refractivity contribution in [1.82, 2.24) is 4.57 Å².